The van der Waals surface area contributed by atoms with Gasteiger partial charge < -0.3 is 5.73 Å². The van der Waals surface area contributed by atoms with Crippen molar-refractivity contribution in [2.24, 2.45) is 0 Å². The lowest BCUT2D eigenvalue weighted by molar-refractivity contribution is 0.588. The highest BCUT2D eigenvalue weighted by Gasteiger charge is 2.17. The van der Waals surface area contributed by atoms with Crippen molar-refractivity contribution in [2.45, 2.75) is 26.2 Å². The molecular weight excluding hydrogens is 160 g/mol. The minimum atomic E-state index is -0.00123. The van der Waals surface area contributed by atoms with Crippen LogP contribution < -0.4 is 5.73 Å². The Bertz CT molecular complexity index is 353. The van der Waals surface area contributed by atoms with Crippen molar-refractivity contribution in [3.05, 3.63) is 29.3 Å². The van der Waals surface area contributed by atoms with Crippen LogP contribution in [-0.2, 0) is 5.41 Å². The van der Waals surface area contributed by atoms with Crippen LogP contribution in [-0.4, -0.2) is 0 Å². The first-order chi connectivity index (χ1) is 5.95. The molecule has 0 aromatic heterocycles. The predicted octanol–water partition coefficient (Wildman–Crippen LogP) is 2.44. The Kier molecular flexibility index (Phi) is 2.29. The molecule has 68 valence electrons. The molecule has 1 aromatic carbocycles. The molecule has 0 amide bonds. The van der Waals surface area contributed by atoms with Crippen LogP contribution >= 0.6 is 0 Å². The van der Waals surface area contributed by atoms with E-state index in [4.69, 9.17) is 11.0 Å². The van der Waals surface area contributed by atoms with Crippen molar-refractivity contribution in [1.82, 2.24) is 0 Å². The third-order valence-corrected chi connectivity index (χ3v) is 1.97. The first kappa shape index (κ1) is 9.60. The monoisotopic (exact) mass is 174 g/mol. The van der Waals surface area contributed by atoms with Gasteiger partial charge in [0.1, 0.15) is 0 Å². The van der Waals surface area contributed by atoms with Crippen molar-refractivity contribution in [3.8, 4) is 6.07 Å². The van der Waals surface area contributed by atoms with Crippen LogP contribution in [0.2, 0.25) is 0 Å². The summed E-state index contributed by atoms with van der Waals surface area (Å²) < 4.78 is 0. The second-order valence-electron chi connectivity index (χ2n) is 4.17. The Hall–Kier alpha value is -1.49. The second kappa shape index (κ2) is 3.10. The van der Waals surface area contributed by atoms with Gasteiger partial charge in [0.2, 0.25) is 0 Å². The highest BCUT2D eigenvalue weighted by molar-refractivity contribution is 5.51. The quantitative estimate of drug-likeness (QED) is 0.614. The van der Waals surface area contributed by atoms with Gasteiger partial charge in [-0.05, 0) is 23.1 Å². The molecule has 0 aliphatic rings. The lowest BCUT2D eigenvalue weighted by Gasteiger charge is -2.20. The zero-order valence-electron chi connectivity index (χ0n) is 8.26. The molecule has 2 N–H and O–H groups in total. The van der Waals surface area contributed by atoms with Gasteiger partial charge in [-0.1, -0.05) is 26.8 Å². The van der Waals surface area contributed by atoms with Crippen molar-refractivity contribution < 1.29 is 0 Å². The van der Waals surface area contributed by atoms with E-state index in [9.17, 15) is 0 Å². The Morgan fingerprint density at radius 2 is 1.92 bits per heavy atom. The molecular formula is C11H14N2. The Labute approximate surface area is 79.0 Å². The molecule has 1 aromatic rings. The van der Waals surface area contributed by atoms with Crippen molar-refractivity contribution >= 4 is 5.69 Å². The summed E-state index contributed by atoms with van der Waals surface area (Å²) in [6, 6.07) is 7.64. The third-order valence-electron chi connectivity index (χ3n) is 1.97. The van der Waals surface area contributed by atoms with Crippen molar-refractivity contribution in [2.75, 3.05) is 5.73 Å². The molecule has 0 atom stereocenters. The minimum Gasteiger partial charge on any atom is -0.399 e. The number of hydrogen-bond acceptors (Lipinski definition) is 2. The maximum absolute atomic E-state index is 8.90. The summed E-state index contributed by atoms with van der Waals surface area (Å²) in [5, 5.41) is 8.90. The molecule has 13 heavy (non-hydrogen) atoms. The Morgan fingerprint density at radius 1 is 1.31 bits per heavy atom. The number of nitrogen functional groups attached to an aromatic ring is 1. The van der Waals surface area contributed by atoms with Crippen LogP contribution in [0.3, 0.4) is 0 Å². The summed E-state index contributed by atoms with van der Waals surface area (Å²) in [4.78, 5) is 0. The first-order valence-electron chi connectivity index (χ1n) is 4.25. The summed E-state index contributed by atoms with van der Waals surface area (Å²) in [6.45, 7) is 6.25. The van der Waals surface area contributed by atoms with Crippen molar-refractivity contribution in [3.63, 3.8) is 0 Å². The normalized spacial score (nSPS) is 10.9. The molecule has 0 aliphatic heterocycles. The Balaban J connectivity index is 3.32. The highest BCUT2D eigenvalue weighted by atomic mass is 14.5. The largest absolute Gasteiger partial charge is 0.399 e. The SMILES string of the molecule is CC(C)(C)c1ccc(N)cc1C#N. The number of nitrogens with zero attached hydrogens (tertiary/aromatic N) is 1. The average Bonchev–Trinajstić information content (AvgIpc) is 2.01. The van der Waals surface area contributed by atoms with Gasteiger partial charge in [0, 0.05) is 5.69 Å². The minimum absolute atomic E-state index is 0.00123. The fourth-order valence-corrected chi connectivity index (χ4v) is 1.31. The first-order valence-corrected chi connectivity index (χ1v) is 4.25. The van der Waals surface area contributed by atoms with Crippen LogP contribution in [0.25, 0.3) is 0 Å². The van der Waals surface area contributed by atoms with E-state index in [1.807, 2.05) is 12.1 Å². The van der Waals surface area contributed by atoms with Crippen LogP contribution in [0.4, 0.5) is 5.69 Å². The molecule has 0 aliphatic carbocycles. The second-order valence-corrected chi connectivity index (χ2v) is 4.17. The smallest absolute Gasteiger partial charge is 0.0995 e. The van der Waals surface area contributed by atoms with Crippen LogP contribution in [0, 0.1) is 11.3 Å². The van der Waals surface area contributed by atoms with E-state index in [1.165, 1.54) is 0 Å². The number of rotatable bonds is 0. The van der Waals surface area contributed by atoms with Gasteiger partial charge in [-0.2, -0.15) is 5.26 Å². The van der Waals surface area contributed by atoms with Gasteiger partial charge in [0.25, 0.3) is 0 Å². The van der Waals surface area contributed by atoms with E-state index in [2.05, 4.69) is 26.8 Å². The molecule has 0 fully saturated rings. The van der Waals surface area contributed by atoms with Gasteiger partial charge >= 0.3 is 0 Å². The molecule has 0 saturated heterocycles. The van der Waals surface area contributed by atoms with E-state index in [0.717, 1.165) is 5.56 Å². The van der Waals surface area contributed by atoms with Crippen LogP contribution in [0.5, 0.6) is 0 Å². The van der Waals surface area contributed by atoms with E-state index in [-0.39, 0.29) is 5.41 Å². The molecule has 0 heterocycles. The maximum atomic E-state index is 8.90. The number of nitrogens with two attached hydrogens (primary N) is 1. The van der Waals surface area contributed by atoms with Gasteiger partial charge in [-0.15, -0.1) is 0 Å². The third kappa shape index (κ3) is 2.00. The number of anilines is 1. The zero-order valence-corrected chi connectivity index (χ0v) is 8.26. The fourth-order valence-electron chi connectivity index (χ4n) is 1.31. The van der Waals surface area contributed by atoms with Gasteiger partial charge in [-0.3, -0.25) is 0 Å². The van der Waals surface area contributed by atoms with Crippen molar-refractivity contribution in [1.29, 1.82) is 5.26 Å². The molecule has 2 nitrogen and oxygen atoms in total. The molecule has 1 rings (SSSR count). The summed E-state index contributed by atoms with van der Waals surface area (Å²) in [7, 11) is 0. The van der Waals surface area contributed by atoms with Gasteiger partial charge in [0.05, 0.1) is 11.6 Å². The lowest BCUT2D eigenvalue weighted by Crippen LogP contribution is -2.13. The lowest BCUT2D eigenvalue weighted by atomic mass is 9.84. The summed E-state index contributed by atoms with van der Waals surface area (Å²) in [5.41, 5.74) is 7.96. The molecule has 0 radical (unpaired) electrons. The topological polar surface area (TPSA) is 49.8 Å². The van der Waals surface area contributed by atoms with E-state index < -0.39 is 0 Å². The van der Waals surface area contributed by atoms with Crippen LogP contribution in [0.15, 0.2) is 18.2 Å². The number of hydrogen-bond donors (Lipinski definition) is 1. The summed E-state index contributed by atoms with van der Waals surface area (Å²) in [5.74, 6) is 0. The highest BCUT2D eigenvalue weighted by Crippen LogP contribution is 2.26. The van der Waals surface area contributed by atoms with Gasteiger partial charge in [-0.25, -0.2) is 0 Å². The summed E-state index contributed by atoms with van der Waals surface area (Å²) >= 11 is 0. The van der Waals surface area contributed by atoms with Gasteiger partial charge in [0.15, 0.2) is 0 Å². The van der Waals surface area contributed by atoms with E-state index in [1.54, 1.807) is 6.07 Å². The average molecular weight is 174 g/mol. The number of benzene rings is 1. The number of nitriles is 1. The molecule has 0 saturated carbocycles. The fraction of sp³-hybridized carbons (Fsp3) is 0.364. The predicted molar refractivity (Wildman–Crippen MR) is 54.3 cm³/mol. The molecule has 0 bridgehead atoms. The molecule has 0 spiro atoms. The summed E-state index contributed by atoms with van der Waals surface area (Å²) in [6.07, 6.45) is 0. The Morgan fingerprint density at radius 3 is 2.38 bits per heavy atom. The van der Waals surface area contributed by atoms with E-state index >= 15 is 0 Å². The molecule has 0 unspecified atom stereocenters. The standard InChI is InChI=1S/C11H14N2/c1-11(2,3)10-5-4-9(13)6-8(10)7-12/h4-6H,13H2,1-3H3. The molecule has 2 heteroatoms. The van der Waals surface area contributed by atoms with E-state index in [0.29, 0.717) is 11.3 Å². The maximum Gasteiger partial charge on any atom is 0.0995 e. The zero-order chi connectivity index (χ0) is 10.1. The van der Waals surface area contributed by atoms with Crippen LogP contribution in [0.1, 0.15) is 31.9 Å².